The van der Waals surface area contributed by atoms with Gasteiger partial charge in [-0.1, -0.05) is 17.8 Å². The number of thiazole rings is 1. The minimum atomic E-state index is -3.65. The molecule has 2 saturated heterocycles. The Kier molecular flexibility index (Phi) is 8.60. The van der Waals surface area contributed by atoms with E-state index < -0.39 is 19.9 Å². The molecule has 2 fully saturated rings. The lowest BCUT2D eigenvalue weighted by Crippen LogP contribution is -2.43. The fourth-order valence-corrected chi connectivity index (χ4v) is 8.53. The third-order valence-electron chi connectivity index (χ3n) is 7.45. The number of anilines is 1. The summed E-state index contributed by atoms with van der Waals surface area (Å²) in [6.45, 7) is 6.20. The van der Waals surface area contributed by atoms with Gasteiger partial charge in [0.25, 0.3) is 5.91 Å². The molecule has 1 atom stereocenters. The number of amides is 1. The maximum atomic E-state index is 13.8. The molecule has 2 aliphatic heterocycles. The molecule has 2 aliphatic rings. The molecule has 1 aromatic heterocycles. The van der Waals surface area contributed by atoms with Crippen LogP contribution in [-0.4, -0.2) is 95.2 Å². The highest BCUT2D eigenvalue weighted by molar-refractivity contribution is 7.90. The Labute approximate surface area is 239 Å². The Morgan fingerprint density at radius 1 is 1.02 bits per heavy atom. The zero-order valence-corrected chi connectivity index (χ0v) is 25.1. The summed E-state index contributed by atoms with van der Waals surface area (Å²) in [6, 6.07) is 10.8. The van der Waals surface area contributed by atoms with Gasteiger partial charge in [0.2, 0.25) is 10.0 Å². The lowest BCUT2D eigenvalue weighted by Gasteiger charge is -2.32. The molecular weight excluding hydrogens is 573 g/mol. The second-order valence-electron chi connectivity index (χ2n) is 10.3. The van der Waals surface area contributed by atoms with Crippen LogP contribution in [0.4, 0.5) is 5.13 Å². The van der Waals surface area contributed by atoms with E-state index >= 15 is 0 Å². The van der Waals surface area contributed by atoms with Gasteiger partial charge in [0.1, 0.15) is 0 Å². The molecule has 2 aromatic carbocycles. The van der Waals surface area contributed by atoms with E-state index in [9.17, 15) is 21.6 Å². The number of hydrogen-bond donors (Lipinski definition) is 0. The fraction of sp³-hybridized carbons (Fsp3) is 0.481. The number of carbonyl (C=O) groups is 1. The number of aromatic nitrogens is 1. The van der Waals surface area contributed by atoms with E-state index in [1.165, 1.54) is 29.5 Å². The summed E-state index contributed by atoms with van der Waals surface area (Å²) in [5.74, 6) is -0.300. The number of benzene rings is 2. The van der Waals surface area contributed by atoms with Gasteiger partial charge in [-0.15, -0.1) is 0 Å². The summed E-state index contributed by atoms with van der Waals surface area (Å²) in [5.41, 5.74) is 0.956. The standard InChI is InChI=1S/C27H34N4O6S3/c1-20-5-3-4-12-31(20)40(35,36)22-8-6-21(7-9-22)26(32)30(14-13-29-15-17-37-18-16-29)27-28-24-11-10-23(39(2,33)34)19-25(24)38-27/h6-11,19-20H,3-5,12-18H2,1-2H3. The molecule has 216 valence electrons. The fourth-order valence-electron chi connectivity index (χ4n) is 5.08. The largest absolute Gasteiger partial charge is 0.379 e. The third kappa shape index (κ3) is 6.24. The lowest BCUT2D eigenvalue weighted by atomic mass is 10.1. The molecule has 10 nitrogen and oxygen atoms in total. The van der Waals surface area contributed by atoms with Gasteiger partial charge in [-0.05, 0) is 62.2 Å². The predicted molar refractivity (Wildman–Crippen MR) is 155 cm³/mol. The highest BCUT2D eigenvalue weighted by Crippen LogP contribution is 2.32. The zero-order valence-electron chi connectivity index (χ0n) is 22.7. The van der Waals surface area contributed by atoms with Crippen molar-refractivity contribution in [2.75, 3.05) is 57.1 Å². The number of fused-ring (bicyclic) bond motifs is 1. The molecule has 3 heterocycles. The number of morpholine rings is 1. The number of sulfone groups is 1. The predicted octanol–water partition coefficient (Wildman–Crippen LogP) is 3.24. The van der Waals surface area contributed by atoms with E-state index in [2.05, 4.69) is 9.88 Å². The SMILES string of the molecule is CC1CCCCN1S(=O)(=O)c1ccc(C(=O)N(CCN2CCOCC2)c2nc3ccc(S(C)(=O)=O)cc3s2)cc1. The Hall–Kier alpha value is -2.42. The van der Waals surface area contributed by atoms with Crippen molar-refractivity contribution in [3.8, 4) is 0 Å². The summed E-state index contributed by atoms with van der Waals surface area (Å²) >= 11 is 1.26. The monoisotopic (exact) mass is 606 g/mol. The Balaban J connectivity index is 1.43. The number of carbonyl (C=O) groups excluding carboxylic acids is 1. The number of rotatable bonds is 8. The normalized spacial score (nSPS) is 19.6. The van der Waals surface area contributed by atoms with Gasteiger partial charge in [-0.2, -0.15) is 4.31 Å². The van der Waals surface area contributed by atoms with Crippen molar-refractivity contribution < 1.29 is 26.4 Å². The van der Waals surface area contributed by atoms with Crippen molar-refractivity contribution in [2.24, 2.45) is 0 Å². The van der Waals surface area contributed by atoms with Crippen LogP contribution in [0.25, 0.3) is 10.2 Å². The van der Waals surface area contributed by atoms with Crippen LogP contribution in [0.1, 0.15) is 36.5 Å². The molecule has 0 aliphatic carbocycles. The van der Waals surface area contributed by atoms with Crippen LogP contribution in [0.5, 0.6) is 0 Å². The minimum absolute atomic E-state index is 0.0574. The van der Waals surface area contributed by atoms with Crippen LogP contribution in [0.2, 0.25) is 0 Å². The first-order valence-electron chi connectivity index (χ1n) is 13.4. The first-order valence-corrected chi connectivity index (χ1v) is 17.5. The molecule has 5 rings (SSSR count). The lowest BCUT2D eigenvalue weighted by molar-refractivity contribution is 0.0391. The summed E-state index contributed by atoms with van der Waals surface area (Å²) < 4.78 is 58.3. The number of ether oxygens (including phenoxy) is 1. The van der Waals surface area contributed by atoms with E-state index in [1.807, 2.05) is 6.92 Å². The molecule has 40 heavy (non-hydrogen) atoms. The van der Waals surface area contributed by atoms with Crippen LogP contribution >= 0.6 is 11.3 Å². The zero-order chi connectivity index (χ0) is 28.5. The molecule has 0 radical (unpaired) electrons. The van der Waals surface area contributed by atoms with Crippen molar-refractivity contribution in [3.05, 3.63) is 48.0 Å². The second-order valence-corrected chi connectivity index (χ2v) is 15.2. The van der Waals surface area contributed by atoms with Crippen molar-refractivity contribution >= 4 is 52.5 Å². The number of piperidine rings is 1. The summed E-state index contributed by atoms with van der Waals surface area (Å²) in [4.78, 5) is 22.7. The second kappa shape index (κ2) is 11.8. The summed E-state index contributed by atoms with van der Waals surface area (Å²) in [5, 5.41) is 0.456. The van der Waals surface area contributed by atoms with Crippen LogP contribution < -0.4 is 4.90 Å². The van der Waals surface area contributed by atoms with Crippen molar-refractivity contribution in [3.63, 3.8) is 0 Å². The average molecular weight is 607 g/mol. The van der Waals surface area contributed by atoms with Gasteiger partial charge in [0, 0.05) is 50.6 Å². The van der Waals surface area contributed by atoms with Crippen molar-refractivity contribution in [1.82, 2.24) is 14.2 Å². The first-order chi connectivity index (χ1) is 19.0. The van der Waals surface area contributed by atoms with E-state index in [4.69, 9.17) is 4.74 Å². The molecule has 1 amide bonds. The average Bonchev–Trinajstić information content (AvgIpc) is 3.36. The van der Waals surface area contributed by atoms with Crippen LogP contribution in [0.3, 0.4) is 0 Å². The van der Waals surface area contributed by atoms with Gasteiger partial charge in [0.15, 0.2) is 15.0 Å². The van der Waals surface area contributed by atoms with Crippen LogP contribution in [-0.2, 0) is 24.6 Å². The van der Waals surface area contributed by atoms with E-state index in [0.717, 1.165) is 38.6 Å². The van der Waals surface area contributed by atoms with E-state index in [0.29, 0.717) is 53.8 Å². The van der Waals surface area contributed by atoms with Gasteiger partial charge in [0.05, 0.1) is 33.2 Å². The Bertz CT molecular complexity index is 1580. The maximum Gasteiger partial charge on any atom is 0.260 e. The smallest absolute Gasteiger partial charge is 0.260 e. The quantitative estimate of drug-likeness (QED) is 0.384. The molecule has 1 unspecified atom stereocenters. The summed E-state index contributed by atoms with van der Waals surface area (Å²) in [7, 11) is -7.04. The van der Waals surface area contributed by atoms with Crippen molar-refractivity contribution in [2.45, 2.75) is 42.0 Å². The molecule has 13 heteroatoms. The van der Waals surface area contributed by atoms with E-state index in [-0.39, 0.29) is 21.7 Å². The Morgan fingerprint density at radius 3 is 2.40 bits per heavy atom. The van der Waals surface area contributed by atoms with Gasteiger partial charge in [-0.25, -0.2) is 21.8 Å². The van der Waals surface area contributed by atoms with Crippen LogP contribution in [0, 0.1) is 0 Å². The highest BCUT2D eigenvalue weighted by atomic mass is 32.2. The molecule has 3 aromatic rings. The molecule has 0 saturated carbocycles. The van der Waals surface area contributed by atoms with Crippen molar-refractivity contribution in [1.29, 1.82) is 0 Å². The highest BCUT2D eigenvalue weighted by Gasteiger charge is 2.31. The number of sulfonamides is 1. The summed E-state index contributed by atoms with van der Waals surface area (Å²) in [6.07, 6.45) is 3.85. The number of hydrogen-bond acceptors (Lipinski definition) is 9. The molecule has 0 bridgehead atoms. The molecular formula is C27H34N4O6S3. The van der Waals surface area contributed by atoms with Crippen LogP contribution in [0.15, 0.2) is 52.3 Å². The minimum Gasteiger partial charge on any atom is -0.379 e. The maximum absolute atomic E-state index is 13.8. The van der Waals surface area contributed by atoms with Gasteiger partial charge < -0.3 is 4.74 Å². The van der Waals surface area contributed by atoms with E-state index in [1.54, 1.807) is 33.5 Å². The Morgan fingerprint density at radius 2 is 1.73 bits per heavy atom. The topological polar surface area (TPSA) is 117 Å². The van der Waals surface area contributed by atoms with Gasteiger partial charge in [-0.3, -0.25) is 14.6 Å². The van der Waals surface area contributed by atoms with Gasteiger partial charge >= 0.3 is 0 Å². The first kappa shape index (κ1) is 29.1. The number of nitrogens with zero attached hydrogens (tertiary/aromatic N) is 4. The molecule has 0 N–H and O–H groups in total. The third-order valence-corrected chi connectivity index (χ3v) is 11.6. The molecule has 0 spiro atoms.